The van der Waals surface area contributed by atoms with Gasteiger partial charge in [0.2, 0.25) is 0 Å². The number of nitrogens with zero attached hydrogens (tertiary/aromatic N) is 1. The fourth-order valence-corrected chi connectivity index (χ4v) is 2.41. The van der Waals surface area contributed by atoms with E-state index < -0.39 is 0 Å². The number of hydrogen-bond acceptors (Lipinski definition) is 3. The molecule has 0 aliphatic rings. The van der Waals surface area contributed by atoms with E-state index in [1.807, 2.05) is 24.3 Å². The summed E-state index contributed by atoms with van der Waals surface area (Å²) in [4.78, 5) is 12.1. The average Bonchev–Trinajstić information content (AvgIpc) is 2.64. The van der Waals surface area contributed by atoms with Gasteiger partial charge in [0.25, 0.3) is 5.56 Å². The van der Waals surface area contributed by atoms with E-state index >= 15 is 0 Å². The van der Waals surface area contributed by atoms with Gasteiger partial charge in [0.1, 0.15) is 23.9 Å². The van der Waals surface area contributed by atoms with Gasteiger partial charge in [0.15, 0.2) is 0 Å². The Bertz CT molecular complexity index is 886. The summed E-state index contributed by atoms with van der Waals surface area (Å²) >= 11 is 0. The second-order valence-corrected chi connectivity index (χ2v) is 5.59. The van der Waals surface area contributed by atoms with E-state index in [2.05, 4.69) is 0 Å². The summed E-state index contributed by atoms with van der Waals surface area (Å²) in [6.07, 6.45) is 1.77. The summed E-state index contributed by atoms with van der Waals surface area (Å²) < 4.78 is 25.3. The van der Waals surface area contributed by atoms with E-state index in [1.165, 1.54) is 18.2 Å². The van der Waals surface area contributed by atoms with Gasteiger partial charge in [-0.25, -0.2) is 4.39 Å². The first-order chi connectivity index (χ1) is 12.1. The minimum atomic E-state index is -0.305. The van der Waals surface area contributed by atoms with E-state index in [4.69, 9.17) is 9.47 Å². The Kier molecular flexibility index (Phi) is 5.14. The van der Waals surface area contributed by atoms with Crippen molar-refractivity contribution in [2.75, 3.05) is 7.11 Å². The molecule has 0 N–H and O–H groups in total. The molecule has 0 radical (unpaired) electrons. The Labute approximate surface area is 145 Å². The van der Waals surface area contributed by atoms with Crippen molar-refractivity contribution in [1.29, 1.82) is 0 Å². The van der Waals surface area contributed by atoms with Crippen molar-refractivity contribution >= 4 is 0 Å². The third kappa shape index (κ3) is 4.47. The van der Waals surface area contributed by atoms with Crippen LogP contribution in [0.1, 0.15) is 11.1 Å². The average molecular weight is 339 g/mol. The number of pyridine rings is 1. The molecule has 0 aliphatic heterocycles. The second kappa shape index (κ2) is 7.66. The first kappa shape index (κ1) is 16.8. The third-order valence-electron chi connectivity index (χ3n) is 3.78. The molecule has 0 saturated carbocycles. The zero-order chi connectivity index (χ0) is 17.6. The largest absolute Gasteiger partial charge is 0.497 e. The highest BCUT2D eigenvalue weighted by Crippen LogP contribution is 2.14. The van der Waals surface area contributed by atoms with Crippen LogP contribution >= 0.6 is 0 Å². The third-order valence-corrected chi connectivity index (χ3v) is 3.78. The normalized spacial score (nSPS) is 10.5. The van der Waals surface area contributed by atoms with E-state index in [0.29, 0.717) is 18.9 Å². The summed E-state index contributed by atoms with van der Waals surface area (Å²) in [7, 11) is 1.62. The number of ether oxygens (including phenoxy) is 2. The van der Waals surface area contributed by atoms with E-state index in [9.17, 15) is 9.18 Å². The predicted octanol–water partition coefficient (Wildman–Crippen LogP) is 3.62. The van der Waals surface area contributed by atoms with Gasteiger partial charge in [-0.1, -0.05) is 12.1 Å². The Morgan fingerprint density at radius 3 is 2.20 bits per heavy atom. The van der Waals surface area contributed by atoms with E-state index in [0.717, 1.165) is 16.9 Å². The minimum Gasteiger partial charge on any atom is -0.497 e. The minimum absolute atomic E-state index is 0.0821. The van der Waals surface area contributed by atoms with Gasteiger partial charge in [0.05, 0.1) is 13.7 Å². The summed E-state index contributed by atoms with van der Waals surface area (Å²) in [6.45, 7) is 0.766. The molecule has 2 aromatic carbocycles. The molecule has 0 fully saturated rings. The summed E-state index contributed by atoms with van der Waals surface area (Å²) in [5, 5.41) is 0. The standard InChI is InChI=1S/C20H18FNO3/c1-24-18-7-2-15(3-8-18)12-22-13-16(4-11-20(22)23)14-25-19-9-5-17(21)6-10-19/h2-11,13H,12,14H2,1H3. The van der Waals surface area contributed by atoms with Crippen LogP contribution in [0.4, 0.5) is 4.39 Å². The Balaban J connectivity index is 1.71. The Hall–Kier alpha value is -3.08. The fraction of sp³-hybridized carbons (Fsp3) is 0.150. The number of benzene rings is 2. The molecule has 0 bridgehead atoms. The highest BCUT2D eigenvalue weighted by molar-refractivity contribution is 5.27. The predicted molar refractivity (Wildman–Crippen MR) is 93.5 cm³/mol. The van der Waals surface area contributed by atoms with Crippen LogP contribution in [0.5, 0.6) is 11.5 Å². The van der Waals surface area contributed by atoms with Crippen molar-refractivity contribution in [3.8, 4) is 11.5 Å². The topological polar surface area (TPSA) is 40.5 Å². The lowest BCUT2D eigenvalue weighted by Crippen LogP contribution is -2.20. The van der Waals surface area contributed by atoms with Crippen molar-refractivity contribution in [2.45, 2.75) is 13.2 Å². The van der Waals surface area contributed by atoms with Crippen LogP contribution in [0.3, 0.4) is 0 Å². The molecule has 25 heavy (non-hydrogen) atoms. The molecule has 0 amide bonds. The lowest BCUT2D eigenvalue weighted by Gasteiger charge is -2.10. The number of aromatic nitrogens is 1. The fourth-order valence-electron chi connectivity index (χ4n) is 2.41. The van der Waals surface area contributed by atoms with Gasteiger partial charge < -0.3 is 14.0 Å². The van der Waals surface area contributed by atoms with Gasteiger partial charge in [0, 0.05) is 17.8 Å². The first-order valence-electron chi connectivity index (χ1n) is 7.85. The van der Waals surface area contributed by atoms with Crippen molar-refractivity contribution < 1.29 is 13.9 Å². The van der Waals surface area contributed by atoms with Gasteiger partial charge in [-0.15, -0.1) is 0 Å². The highest BCUT2D eigenvalue weighted by atomic mass is 19.1. The van der Waals surface area contributed by atoms with Crippen LogP contribution in [-0.4, -0.2) is 11.7 Å². The van der Waals surface area contributed by atoms with Crippen LogP contribution < -0.4 is 15.0 Å². The molecule has 5 heteroatoms. The smallest absolute Gasteiger partial charge is 0.250 e. The Morgan fingerprint density at radius 1 is 0.880 bits per heavy atom. The molecule has 128 valence electrons. The molecule has 3 rings (SSSR count). The SMILES string of the molecule is COc1ccc(Cn2cc(COc3ccc(F)cc3)ccc2=O)cc1. The number of halogens is 1. The molecular weight excluding hydrogens is 321 g/mol. The second-order valence-electron chi connectivity index (χ2n) is 5.59. The van der Waals surface area contributed by atoms with Crippen molar-refractivity contribution in [2.24, 2.45) is 0 Å². The summed E-state index contributed by atoms with van der Waals surface area (Å²) in [5.74, 6) is 1.05. The monoisotopic (exact) mass is 339 g/mol. The lowest BCUT2D eigenvalue weighted by molar-refractivity contribution is 0.304. The maximum atomic E-state index is 12.9. The number of rotatable bonds is 6. The quantitative estimate of drug-likeness (QED) is 0.689. The molecule has 0 unspecified atom stereocenters. The molecular formula is C20H18FNO3. The molecule has 0 atom stereocenters. The number of hydrogen-bond donors (Lipinski definition) is 0. The van der Waals surface area contributed by atoms with Crippen molar-refractivity contribution in [3.05, 3.63) is 94.2 Å². The zero-order valence-corrected chi connectivity index (χ0v) is 13.8. The van der Waals surface area contributed by atoms with Gasteiger partial charge >= 0.3 is 0 Å². The number of methoxy groups -OCH3 is 1. The van der Waals surface area contributed by atoms with Crippen LogP contribution in [-0.2, 0) is 13.2 Å². The highest BCUT2D eigenvalue weighted by Gasteiger charge is 2.03. The molecule has 1 aromatic heterocycles. The molecule has 0 saturated heterocycles. The first-order valence-corrected chi connectivity index (χ1v) is 7.85. The molecule has 4 nitrogen and oxygen atoms in total. The van der Waals surface area contributed by atoms with Crippen molar-refractivity contribution in [1.82, 2.24) is 4.57 Å². The van der Waals surface area contributed by atoms with Crippen LogP contribution in [0.25, 0.3) is 0 Å². The van der Waals surface area contributed by atoms with Crippen molar-refractivity contribution in [3.63, 3.8) is 0 Å². The van der Waals surface area contributed by atoms with Crippen LogP contribution in [0.15, 0.2) is 71.7 Å². The summed E-state index contributed by atoms with van der Waals surface area (Å²) in [6, 6.07) is 16.7. The lowest BCUT2D eigenvalue weighted by atomic mass is 10.2. The van der Waals surface area contributed by atoms with E-state index in [-0.39, 0.29) is 11.4 Å². The van der Waals surface area contributed by atoms with E-state index in [1.54, 1.807) is 36.1 Å². The maximum Gasteiger partial charge on any atom is 0.250 e. The van der Waals surface area contributed by atoms with Gasteiger partial charge in [-0.3, -0.25) is 4.79 Å². The molecule has 0 spiro atoms. The van der Waals surface area contributed by atoms with Gasteiger partial charge in [-0.05, 0) is 48.0 Å². The van der Waals surface area contributed by atoms with Crippen LogP contribution in [0, 0.1) is 5.82 Å². The summed E-state index contributed by atoms with van der Waals surface area (Å²) in [5.41, 5.74) is 1.78. The Morgan fingerprint density at radius 2 is 1.52 bits per heavy atom. The zero-order valence-electron chi connectivity index (χ0n) is 13.8. The maximum absolute atomic E-state index is 12.9. The molecule has 1 heterocycles. The van der Waals surface area contributed by atoms with Crippen LogP contribution in [0.2, 0.25) is 0 Å². The molecule has 0 aliphatic carbocycles. The van der Waals surface area contributed by atoms with Gasteiger partial charge in [-0.2, -0.15) is 0 Å². The molecule has 3 aromatic rings.